The number of amides is 1. The number of likely N-dealkylation sites (tertiary alicyclic amines) is 1. The molecule has 0 bridgehead atoms. The lowest BCUT2D eigenvalue weighted by Gasteiger charge is -2.40. The van der Waals surface area contributed by atoms with Crippen LogP contribution in [0, 0.1) is 0 Å². The third-order valence-electron chi connectivity index (χ3n) is 3.26. The summed E-state index contributed by atoms with van der Waals surface area (Å²) in [5.74, 6) is 0.553. The van der Waals surface area contributed by atoms with Crippen molar-refractivity contribution in [2.45, 2.75) is 51.8 Å². The smallest absolute Gasteiger partial charge is 0.410 e. The summed E-state index contributed by atoms with van der Waals surface area (Å²) in [6, 6.07) is 0.0738. The molecule has 1 aliphatic heterocycles. The maximum Gasteiger partial charge on any atom is 0.410 e. The predicted molar refractivity (Wildman–Crippen MR) is 114 cm³/mol. The number of carbonyl (C=O) groups excluding carboxylic acids is 1. The van der Waals surface area contributed by atoms with Gasteiger partial charge in [-0.3, -0.25) is 4.99 Å². The molecule has 0 saturated carbocycles. The number of ether oxygens (including phenoxy) is 1. The van der Waals surface area contributed by atoms with Gasteiger partial charge in [0.1, 0.15) is 5.60 Å². The summed E-state index contributed by atoms with van der Waals surface area (Å²) in [5, 5.41) is 6.29. The Morgan fingerprint density at radius 1 is 1.23 bits per heavy atom. The van der Waals surface area contributed by atoms with Crippen molar-refractivity contribution in [1.29, 1.82) is 0 Å². The zero-order chi connectivity index (χ0) is 19.5. The molecule has 0 radical (unpaired) electrons. The van der Waals surface area contributed by atoms with Crippen molar-refractivity contribution in [3.63, 3.8) is 0 Å². The Labute approximate surface area is 173 Å². The number of halogens is 1. The maximum absolute atomic E-state index is 11.9. The van der Waals surface area contributed by atoms with E-state index >= 15 is 0 Å². The highest BCUT2D eigenvalue weighted by atomic mass is 127. The Kier molecular flexibility index (Phi) is 9.10. The van der Waals surface area contributed by atoms with E-state index in [0.29, 0.717) is 25.6 Å². The monoisotopic (exact) mass is 505 g/mol. The van der Waals surface area contributed by atoms with Crippen LogP contribution in [0.4, 0.5) is 4.79 Å². The Hall–Kier alpha value is -0.820. The molecule has 154 valence electrons. The van der Waals surface area contributed by atoms with Gasteiger partial charge in [0.2, 0.25) is 10.0 Å². The van der Waals surface area contributed by atoms with Crippen LogP contribution in [0.25, 0.3) is 0 Å². The van der Waals surface area contributed by atoms with Gasteiger partial charge >= 0.3 is 6.09 Å². The fourth-order valence-corrected chi connectivity index (χ4v) is 3.35. The van der Waals surface area contributed by atoms with Crippen molar-refractivity contribution in [2.24, 2.45) is 4.99 Å². The minimum Gasteiger partial charge on any atom is -0.444 e. The normalized spacial score (nSPS) is 16.4. The molecule has 0 aliphatic carbocycles. The Bertz CT molecular complexity index is 610. The van der Waals surface area contributed by atoms with E-state index in [1.807, 2.05) is 20.8 Å². The number of nitrogens with zero attached hydrogens (tertiary/aromatic N) is 2. The van der Waals surface area contributed by atoms with Crippen molar-refractivity contribution >= 4 is 46.1 Å². The lowest BCUT2D eigenvalue weighted by Crippen LogP contribution is -2.64. The summed E-state index contributed by atoms with van der Waals surface area (Å²) in [5.41, 5.74) is -1.17. The molecule has 9 nitrogen and oxygen atoms in total. The van der Waals surface area contributed by atoms with Gasteiger partial charge in [0, 0.05) is 32.2 Å². The average Bonchev–Trinajstić information content (AvgIpc) is 2.31. The van der Waals surface area contributed by atoms with E-state index in [4.69, 9.17) is 4.74 Å². The third-order valence-corrected chi connectivity index (χ3v) is 4.18. The Morgan fingerprint density at radius 3 is 2.19 bits per heavy atom. The van der Waals surface area contributed by atoms with Crippen LogP contribution in [0.2, 0.25) is 0 Å². The number of hydrogen-bond acceptors (Lipinski definition) is 5. The summed E-state index contributed by atoms with van der Waals surface area (Å²) in [4.78, 5) is 17.6. The van der Waals surface area contributed by atoms with Gasteiger partial charge in [0.25, 0.3) is 0 Å². The van der Waals surface area contributed by atoms with Crippen LogP contribution in [0.15, 0.2) is 4.99 Å². The number of carbonyl (C=O) groups is 1. The second-order valence-corrected chi connectivity index (χ2v) is 9.66. The summed E-state index contributed by atoms with van der Waals surface area (Å²) in [7, 11) is -1.66. The molecule has 0 atom stereocenters. The van der Waals surface area contributed by atoms with E-state index < -0.39 is 21.2 Å². The highest BCUT2D eigenvalue weighted by Crippen LogP contribution is 2.15. The van der Waals surface area contributed by atoms with Gasteiger partial charge in [-0.15, -0.1) is 24.0 Å². The minimum absolute atomic E-state index is 0. The lowest BCUT2D eigenvalue weighted by atomic mass is 10.1. The number of aliphatic imine (C=N–C) groups is 1. The molecule has 0 unspecified atom stereocenters. The molecular formula is C15H32IN5O4S. The van der Waals surface area contributed by atoms with Gasteiger partial charge in [-0.25, -0.2) is 17.9 Å². The maximum atomic E-state index is 11.9. The molecule has 11 heteroatoms. The van der Waals surface area contributed by atoms with Crippen LogP contribution in [-0.4, -0.2) is 75.5 Å². The van der Waals surface area contributed by atoms with Crippen molar-refractivity contribution in [2.75, 3.05) is 32.9 Å². The average molecular weight is 505 g/mol. The minimum atomic E-state index is -3.29. The van der Waals surface area contributed by atoms with Crippen LogP contribution < -0.4 is 15.4 Å². The summed E-state index contributed by atoms with van der Waals surface area (Å²) in [6.45, 7) is 10.5. The molecule has 0 aromatic carbocycles. The first-order valence-corrected chi connectivity index (χ1v) is 10.0. The topological polar surface area (TPSA) is 112 Å². The molecule has 0 aromatic heterocycles. The van der Waals surface area contributed by atoms with Crippen LogP contribution in [0.5, 0.6) is 0 Å². The van der Waals surface area contributed by atoms with Gasteiger partial charge in [0.05, 0.1) is 12.3 Å². The van der Waals surface area contributed by atoms with Gasteiger partial charge in [0.15, 0.2) is 5.96 Å². The Balaban J connectivity index is 0.00000625. The van der Waals surface area contributed by atoms with Crippen LogP contribution in [-0.2, 0) is 14.8 Å². The molecule has 1 amide bonds. The van der Waals surface area contributed by atoms with E-state index in [9.17, 15) is 13.2 Å². The van der Waals surface area contributed by atoms with E-state index in [2.05, 4.69) is 20.3 Å². The van der Waals surface area contributed by atoms with Crippen LogP contribution >= 0.6 is 24.0 Å². The molecule has 26 heavy (non-hydrogen) atoms. The zero-order valence-electron chi connectivity index (χ0n) is 16.5. The molecule has 1 aliphatic rings. The fourth-order valence-electron chi connectivity index (χ4n) is 2.28. The highest BCUT2D eigenvalue weighted by molar-refractivity contribution is 14.0. The first-order valence-electron chi connectivity index (χ1n) is 8.15. The second kappa shape index (κ2) is 9.40. The number of sulfonamides is 1. The summed E-state index contributed by atoms with van der Waals surface area (Å²) in [6.07, 6.45) is 0.800. The molecule has 0 spiro atoms. The number of hydrogen-bond donors (Lipinski definition) is 3. The van der Waals surface area contributed by atoms with E-state index in [1.54, 1.807) is 25.8 Å². The van der Waals surface area contributed by atoms with Crippen molar-refractivity contribution in [3.05, 3.63) is 0 Å². The summed E-state index contributed by atoms with van der Waals surface area (Å²) < 4.78 is 30.6. The first kappa shape index (κ1) is 25.2. The van der Waals surface area contributed by atoms with Gasteiger partial charge in [-0.2, -0.15) is 0 Å². The number of rotatable bonds is 5. The first-order chi connectivity index (χ1) is 11.2. The standard InChI is InChI=1S/C15H31N5O4S.HI/c1-14(2,3)24-13(21)20-8-11(9-20)18-12(16-6)17-10-15(4,5)19-25(7,22)23;/h11,19H,8-10H2,1-7H3,(H2,16,17,18);1H. The molecule has 1 rings (SSSR count). The van der Waals surface area contributed by atoms with Gasteiger partial charge in [-0.05, 0) is 34.6 Å². The molecule has 1 heterocycles. The molecule has 0 aromatic rings. The zero-order valence-corrected chi connectivity index (χ0v) is 19.7. The van der Waals surface area contributed by atoms with Crippen LogP contribution in [0.3, 0.4) is 0 Å². The van der Waals surface area contributed by atoms with E-state index in [1.165, 1.54) is 0 Å². The molecule has 3 N–H and O–H groups in total. The summed E-state index contributed by atoms with van der Waals surface area (Å²) >= 11 is 0. The Morgan fingerprint density at radius 2 is 1.77 bits per heavy atom. The largest absolute Gasteiger partial charge is 0.444 e. The van der Waals surface area contributed by atoms with E-state index in [-0.39, 0.29) is 36.1 Å². The highest BCUT2D eigenvalue weighted by Gasteiger charge is 2.34. The van der Waals surface area contributed by atoms with Gasteiger partial charge in [-0.1, -0.05) is 0 Å². The van der Waals surface area contributed by atoms with Crippen molar-refractivity contribution in [1.82, 2.24) is 20.3 Å². The molecule has 1 fully saturated rings. The van der Waals surface area contributed by atoms with Crippen molar-refractivity contribution < 1.29 is 17.9 Å². The molecule has 1 saturated heterocycles. The lowest BCUT2D eigenvalue weighted by molar-refractivity contribution is 0.00701. The fraction of sp³-hybridized carbons (Fsp3) is 0.867. The molecular weight excluding hydrogens is 473 g/mol. The predicted octanol–water partition coefficient (Wildman–Crippen LogP) is 0.717. The number of nitrogens with one attached hydrogen (secondary N) is 3. The SMILES string of the molecule is CN=C(NCC(C)(C)NS(C)(=O)=O)NC1CN(C(=O)OC(C)(C)C)C1.I. The van der Waals surface area contributed by atoms with Crippen molar-refractivity contribution in [3.8, 4) is 0 Å². The van der Waals surface area contributed by atoms with Crippen LogP contribution in [0.1, 0.15) is 34.6 Å². The third kappa shape index (κ3) is 9.76. The number of guanidine groups is 1. The van der Waals surface area contributed by atoms with Gasteiger partial charge < -0.3 is 20.3 Å². The quantitative estimate of drug-likeness (QED) is 0.289. The second-order valence-electron chi connectivity index (χ2n) is 7.91. The van der Waals surface area contributed by atoms with E-state index in [0.717, 1.165) is 6.26 Å².